The topological polar surface area (TPSA) is 29.3 Å². The number of rotatable bonds is 9. The molecule has 0 aliphatic heterocycles. The molecule has 2 N–H and O–H groups in total. The summed E-state index contributed by atoms with van der Waals surface area (Å²) >= 11 is 0. The van der Waals surface area contributed by atoms with E-state index >= 15 is 0 Å². The summed E-state index contributed by atoms with van der Waals surface area (Å²) in [6, 6.07) is 0.357. The zero-order valence-electron chi connectivity index (χ0n) is 12.0. The number of nitrogens with two attached hydrogens (primary N) is 1. The van der Waals surface area contributed by atoms with Crippen molar-refractivity contribution in [3.8, 4) is 0 Å². The summed E-state index contributed by atoms with van der Waals surface area (Å²) in [7, 11) is 0. The van der Waals surface area contributed by atoms with E-state index in [1.165, 1.54) is 19.4 Å². The minimum Gasteiger partial charge on any atom is -0.327 e. The molecule has 0 bridgehead atoms. The largest absolute Gasteiger partial charge is 0.327 e. The van der Waals surface area contributed by atoms with Crippen LogP contribution in [0.2, 0.25) is 0 Å². The van der Waals surface area contributed by atoms with Crippen LogP contribution >= 0.6 is 0 Å². The molecule has 0 amide bonds. The highest BCUT2D eigenvalue weighted by molar-refractivity contribution is 4.69. The molecule has 1 atom stereocenters. The smallest absolute Gasteiger partial charge is 0.00740 e. The van der Waals surface area contributed by atoms with Crippen molar-refractivity contribution in [2.75, 3.05) is 19.6 Å². The van der Waals surface area contributed by atoms with Gasteiger partial charge in [-0.2, -0.15) is 0 Å². The van der Waals surface area contributed by atoms with Crippen LogP contribution in [-0.2, 0) is 0 Å². The van der Waals surface area contributed by atoms with Crippen molar-refractivity contribution < 1.29 is 0 Å². The van der Waals surface area contributed by atoms with Crippen molar-refractivity contribution in [3.63, 3.8) is 0 Å². The molecule has 0 saturated heterocycles. The van der Waals surface area contributed by atoms with Crippen LogP contribution in [0.15, 0.2) is 0 Å². The first-order chi connectivity index (χ1) is 7.54. The fraction of sp³-hybridized carbons (Fsp3) is 1.00. The Hall–Kier alpha value is -0.0800. The van der Waals surface area contributed by atoms with Gasteiger partial charge in [0, 0.05) is 12.6 Å². The van der Waals surface area contributed by atoms with Crippen LogP contribution in [0.4, 0.5) is 0 Å². The minimum absolute atomic E-state index is 0.357. The summed E-state index contributed by atoms with van der Waals surface area (Å²) in [5.74, 6) is 1.46. The molecule has 16 heavy (non-hydrogen) atoms. The maximum atomic E-state index is 6.09. The van der Waals surface area contributed by atoms with Crippen LogP contribution in [0.25, 0.3) is 0 Å². The standard InChI is InChI=1S/C14H32N2/c1-6-13(7-2)11-16(8-3)10-9-14(15)12(4)5/h12-14H,6-11,15H2,1-5H3. The molecule has 98 valence electrons. The van der Waals surface area contributed by atoms with E-state index < -0.39 is 0 Å². The molecular weight excluding hydrogens is 196 g/mol. The highest BCUT2D eigenvalue weighted by Gasteiger charge is 2.12. The average molecular weight is 228 g/mol. The van der Waals surface area contributed by atoms with Gasteiger partial charge in [-0.3, -0.25) is 0 Å². The molecule has 0 saturated carbocycles. The van der Waals surface area contributed by atoms with Crippen molar-refractivity contribution in [1.29, 1.82) is 0 Å². The Bertz CT molecular complexity index is 153. The van der Waals surface area contributed by atoms with Crippen LogP contribution in [-0.4, -0.2) is 30.6 Å². The Morgan fingerprint density at radius 3 is 2.00 bits per heavy atom. The first-order valence-electron chi connectivity index (χ1n) is 7.02. The van der Waals surface area contributed by atoms with Gasteiger partial charge in [0.25, 0.3) is 0 Å². The normalized spacial score (nSPS) is 14.1. The lowest BCUT2D eigenvalue weighted by Gasteiger charge is -2.27. The summed E-state index contributed by atoms with van der Waals surface area (Å²) in [5, 5.41) is 0. The van der Waals surface area contributed by atoms with Crippen LogP contribution in [0.1, 0.15) is 53.9 Å². The van der Waals surface area contributed by atoms with Crippen molar-refractivity contribution in [2.45, 2.75) is 59.9 Å². The van der Waals surface area contributed by atoms with Crippen LogP contribution in [0, 0.1) is 11.8 Å². The summed E-state index contributed by atoms with van der Waals surface area (Å²) in [6.07, 6.45) is 3.72. The van der Waals surface area contributed by atoms with Crippen LogP contribution in [0.3, 0.4) is 0 Å². The third-order valence-corrected chi connectivity index (χ3v) is 3.75. The van der Waals surface area contributed by atoms with Gasteiger partial charge in [0.05, 0.1) is 0 Å². The van der Waals surface area contributed by atoms with Crippen molar-refractivity contribution in [1.82, 2.24) is 4.90 Å². The fourth-order valence-corrected chi connectivity index (χ4v) is 1.96. The molecule has 2 nitrogen and oxygen atoms in total. The Morgan fingerprint density at radius 2 is 1.62 bits per heavy atom. The average Bonchev–Trinajstić information content (AvgIpc) is 2.29. The van der Waals surface area contributed by atoms with Crippen LogP contribution < -0.4 is 5.73 Å². The van der Waals surface area contributed by atoms with E-state index in [0.717, 1.165) is 25.4 Å². The van der Waals surface area contributed by atoms with E-state index in [-0.39, 0.29) is 0 Å². The van der Waals surface area contributed by atoms with Gasteiger partial charge in [-0.05, 0) is 31.3 Å². The molecule has 0 spiro atoms. The van der Waals surface area contributed by atoms with Gasteiger partial charge in [-0.15, -0.1) is 0 Å². The molecule has 0 aromatic carbocycles. The molecule has 0 aromatic heterocycles. The van der Waals surface area contributed by atoms with Gasteiger partial charge < -0.3 is 10.6 Å². The lowest BCUT2D eigenvalue weighted by molar-refractivity contribution is 0.221. The number of nitrogens with zero attached hydrogens (tertiary/aromatic N) is 1. The second kappa shape index (κ2) is 9.00. The Balaban J connectivity index is 3.91. The highest BCUT2D eigenvalue weighted by atomic mass is 15.1. The summed E-state index contributed by atoms with van der Waals surface area (Å²) in [4.78, 5) is 2.56. The van der Waals surface area contributed by atoms with Crippen LogP contribution in [0.5, 0.6) is 0 Å². The van der Waals surface area contributed by atoms with Gasteiger partial charge in [-0.1, -0.05) is 47.5 Å². The van der Waals surface area contributed by atoms with E-state index in [9.17, 15) is 0 Å². The monoisotopic (exact) mass is 228 g/mol. The molecule has 0 fully saturated rings. The van der Waals surface area contributed by atoms with Gasteiger partial charge in [0.1, 0.15) is 0 Å². The molecule has 1 unspecified atom stereocenters. The third-order valence-electron chi connectivity index (χ3n) is 3.75. The highest BCUT2D eigenvalue weighted by Crippen LogP contribution is 2.11. The van der Waals surface area contributed by atoms with Crippen molar-refractivity contribution >= 4 is 0 Å². The molecule has 0 aliphatic rings. The lowest BCUT2D eigenvalue weighted by Crippen LogP contribution is -2.35. The van der Waals surface area contributed by atoms with E-state index in [0.29, 0.717) is 12.0 Å². The third kappa shape index (κ3) is 6.49. The Morgan fingerprint density at radius 1 is 1.06 bits per heavy atom. The number of hydrogen-bond donors (Lipinski definition) is 1. The van der Waals surface area contributed by atoms with Gasteiger partial charge in [-0.25, -0.2) is 0 Å². The lowest BCUT2D eigenvalue weighted by atomic mass is 10.0. The quantitative estimate of drug-likeness (QED) is 0.657. The maximum Gasteiger partial charge on any atom is 0.00740 e. The first kappa shape index (κ1) is 15.9. The van der Waals surface area contributed by atoms with E-state index in [2.05, 4.69) is 39.5 Å². The SMILES string of the molecule is CCC(CC)CN(CC)CCC(N)C(C)C. The van der Waals surface area contributed by atoms with Gasteiger partial charge >= 0.3 is 0 Å². The second-order valence-corrected chi connectivity index (χ2v) is 5.27. The van der Waals surface area contributed by atoms with Gasteiger partial charge in [0.15, 0.2) is 0 Å². The van der Waals surface area contributed by atoms with E-state index in [4.69, 9.17) is 5.73 Å². The molecule has 0 radical (unpaired) electrons. The summed E-state index contributed by atoms with van der Waals surface area (Å²) in [5.41, 5.74) is 6.09. The van der Waals surface area contributed by atoms with E-state index in [1.807, 2.05) is 0 Å². The molecule has 2 heteroatoms. The Labute approximate surface area is 103 Å². The predicted octanol–water partition coefficient (Wildman–Crippen LogP) is 3.12. The summed E-state index contributed by atoms with van der Waals surface area (Å²) < 4.78 is 0. The maximum absolute atomic E-state index is 6.09. The second-order valence-electron chi connectivity index (χ2n) is 5.27. The predicted molar refractivity (Wildman–Crippen MR) is 73.6 cm³/mol. The van der Waals surface area contributed by atoms with E-state index in [1.54, 1.807) is 0 Å². The minimum atomic E-state index is 0.357. The Kier molecular flexibility index (Phi) is 8.96. The van der Waals surface area contributed by atoms with Crippen molar-refractivity contribution in [3.05, 3.63) is 0 Å². The number of hydrogen-bond acceptors (Lipinski definition) is 2. The summed E-state index contributed by atoms with van der Waals surface area (Å²) in [6.45, 7) is 14.8. The zero-order valence-corrected chi connectivity index (χ0v) is 12.0. The fourth-order valence-electron chi connectivity index (χ4n) is 1.96. The molecule has 0 rings (SSSR count). The zero-order chi connectivity index (χ0) is 12.6. The first-order valence-corrected chi connectivity index (χ1v) is 7.02. The van der Waals surface area contributed by atoms with Crippen molar-refractivity contribution in [2.24, 2.45) is 17.6 Å². The molecule has 0 heterocycles. The van der Waals surface area contributed by atoms with Gasteiger partial charge in [0.2, 0.25) is 0 Å². The molecule has 0 aromatic rings. The molecule has 0 aliphatic carbocycles. The molecular formula is C14H32N2.